The van der Waals surface area contributed by atoms with Gasteiger partial charge in [-0.05, 0) is 41.6 Å². The van der Waals surface area contributed by atoms with Gasteiger partial charge in [0, 0.05) is 24.6 Å². The molecule has 0 radical (unpaired) electrons. The van der Waals surface area contributed by atoms with Gasteiger partial charge in [-0.15, -0.1) is 0 Å². The van der Waals surface area contributed by atoms with Gasteiger partial charge in [-0.1, -0.05) is 96.8 Å². The zero-order valence-electron chi connectivity index (χ0n) is 25.5. The van der Waals surface area contributed by atoms with Gasteiger partial charge >= 0.3 is 12.1 Å². The summed E-state index contributed by atoms with van der Waals surface area (Å²) in [6.07, 6.45) is -2.58. The fourth-order valence-electron chi connectivity index (χ4n) is 5.00. The fourth-order valence-corrected chi connectivity index (χ4v) is 5.00. The van der Waals surface area contributed by atoms with Crippen molar-refractivity contribution < 1.29 is 38.7 Å². The van der Waals surface area contributed by atoms with Crippen molar-refractivity contribution in [3.63, 3.8) is 0 Å². The first-order valence-electron chi connectivity index (χ1n) is 15.4. The van der Waals surface area contributed by atoms with E-state index in [1.54, 1.807) is 35.2 Å². The number of rotatable bonds is 16. The zero-order chi connectivity index (χ0) is 32.6. The lowest BCUT2D eigenvalue weighted by Crippen LogP contribution is -2.58. The minimum atomic E-state index is -1.48. The van der Waals surface area contributed by atoms with Crippen molar-refractivity contribution >= 4 is 12.1 Å². The van der Waals surface area contributed by atoms with Crippen LogP contribution in [-0.4, -0.2) is 77.6 Å². The highest BCUT2D eigenvalue weighted by molar-refractivity contribution is 5.89. The van der Waals surface area contributed by atoms with E-state index in [-0.39, 0.29) is 25.9 Å². The molecule has 1 amide bonds. The maximum atomic E-state index is 12.9. The van der Waals surface area contributed by atoms with Gasteiger partial charge in [0.15, 0.2) is 6.29 Å². The number of aliphatic hydroxyl groups excluding tert-OH is 2. The molecule has 1 fully saturated rings. The molecule has 12 nitrogen and oxygen atoms in total. The Balaban J connectivity index is 1.22. The molecule has 1 heterocycles. The van der Waals surface area contributed by atoms with E-state index < -0.39 is 36.6 Å². The molecule has 12 heteroatoms. The number of unbranched alkanes of at least 4 members (excludes halogenated alkanes) is 3. The molecule has 0 spiro atoms. The molecule has 4 rings (SSSR count). The van der Waals surface area contributed by atoms with Crippen LogP contribution in [0.4, 0.5) is 4.79 Å². The first-order valence-corrected chi connectivity index (χ1v) is 15.4. The standard InChI is InChI=1S/C34H40N4O8/c35-37-36-29-31(40)30(39)28(24-44-32(41)27-18-10-5-11-19-27)46-33(29)43-21-13-2-1-12-20-38(22-25-14-6-3-7-15-25)34(42)45-23-26-16-8-4-9-17-26/h3-11,14-19,28-31,33,39-40H,1-2,12-13,20-24H2/t28?,29?,30-,31?,33+/m0/s1. The van der Waals surface area contributed by atoms with Gasteiger partial charge in [-0.2, -0.15) is 0 Å². The summed E-state index contributed by atoms with van der Waals surface area (Å²) in [5.74, 6) is -0.604. The number of amides is 1. The quantitative estimate of drug-likeness (QED) is 0.0698. The van der Waals surface area contributed by atoms with Crippen molar-refractivity contribution in [1.29, 1.82) is 0 Å². The molecule has 1 aliphatic heterocycles. The van der Waals surface area contributed by atoms with E-state index >= 15 is 0 Å². The molecule has 1 aliphatic rings. The van der Waals surface area contributed by atoms with Crippen molar-refractivity contribution in [2.45, 2.75) is 69.5 Å². The summed E-state index contributed by atoms with van der Waals surface area (Å²) >= 11 is 0. The number of esters is 1. The number of hydrogen-bond donors (Lipinski definition) is 2. The minimum absolute atomic E-state index is 0.199. The monoisotopic (exact) mass is 632 g/mol. The topological polar surface area (TPSA) is 164 Å². The van der Waals surface area contributed by atoms with Crippen LogP contribution in [0.5, 0.6) is 0 Å². The lowest BCUT2D eigenvalue weighted by molar-refractivity contribution is -0.265. The highest BCUT2D eigenvalue weighted by Gasteiger charge is 2.45. The van der Waals surface area contributed by atoms with Crippen molar-refractivity contribution in [1.82, 2.24) is 4.90 Å². The van der Waals surface area contributed by atoms with Gasteiger partial charge in [-0.25, -0.2) is 9.59 Å². The number of ether oxygens (including phenoxy) is 4. The lowest BCUT2D eigenvalue weighted by atomic mass is 9.97. The Labute approximate surface area is 268 Å². The van der Waals surface area contributed by atoms with Crippen molar-refractivity contribution in [2.24, 2.45) is 5.11 Å². The summed E-state index contributed by atoms with van der Waals surface area (Å²) in [5.41, 5.74) is 11.3. The van der Waals surface area contributed by atoms with Gasteiger partial charge in [-0.3, -0.25) is 0 Å². The highest BCUT2D eigenvalue weighted by Crippen LogP contribution is 2.26. The SMILES string of the molecule is [N-]=[N+]=NC1C(O)[C@@H](O)C(COC(=O)c2ccccc2)O[C@H]1OCCCCCCN(Cc1ccccc1)C(=O)OCc1ccccc1. The smallest absolute Gasteiger partial charge is 0.410 e. The molecule has 2 N–H and O–H groups in total. The maximum absolute atomic E-state index is 12.9. The number of carbonyl (C=O) groups excluding carboxylic acids is 2. The summed E-state index contributed by atoms with van der Waals surface area (Å²) in [7, 11) is 0. The Kier molecular flexibility index (Phi) is 13.8. The first kappa shape index (κ1) is 34.4. The van der Waals surface area contributed by atoms with E-state index in [9.17, 15) is 19.8 Å². The van der Waals surface area contributed by atoms with Crippen LogP contribution >= 0.6 is 0 Å². The molecule has 3 aromatic rings. The molecule has 3 aromatic carbocycles. The highest BCUT2D eigenvalue weighted by atomic mass is 16.7. The largest absolute Gasteiger partial charge is 0.459 e. The molecule has 0 saturated carbocycles. The Morgan fingerprint density at radius 3 is 2.13 bits per heavy atom. The number of benzene rings is 3. The van der Waals surface area contributed by atoms with Crippen molar-refractivity contribution in [3.8, 4) is 0 Å². The minimum Gasteiger partial charge on any atom is -0.459 e. The Hall–Kier alpha value is -4.45. The molecule has 0 aromatic heterocycles. The molecule has 0 bridgehead atoms. The second-order valence-corrected chi connectivity index (χ2v) is 10.9. The normalized spacial score (nSPS) is 20.7. The summed E-state index contributed by atoms with van der Waals surface area (Å²) in [4.78, 5) is 29.7. The molecule has 3 unspecified atom stereocenters. The van der Waals surface area contributed by atoms with E-state index in [4.69, 9.17) is 24.5 Å². The third-order valence-corrected chi connectivity index (χ3v) is 7.53. The van der Waals surface area contributed by atoms with Gasteiger partial charge in [0.25, 0.3) is 0 Å². The second kappa shape index (κ2) is 18.5. The zero-order valence-corrected chi connectivity index (χ0v) is 25.5. The number of hydrogen-bond acceptors (Lipinski definition) is 9. The van der Waals surface area contributed by atoms with Crippen LogP contribution < -0.4 is 0 Å². The predicted molar refractivity (Wildman–Crippen MR) is 168 cm³/mol. The van der Waals surface area contributed by atoms with E-state index in [2.05, 4.69) is 10.0 Å². The summed E-state index contributed by atoms with van der Waals surface area (Å²) in [6.45, 7) is 1.05. The Morgan fingerprint density at radius 1 is 0.826 bits per heavy atom. The van der Waals surface area contributed by atoms with Crippen molar-refractivity contribution in [3.05, 3.63) is 118 Å². The Bertz CT molecular complexity index is 1390. The Morgan fingerprint density at radius 2 is 1.46 bits per heavy atom. The van der Waals surface area contributed by atoms with Crippen LogP contribution in [0.2, 0.25) is 0 Å². The van der Waals surface area contributed by atoms with Crippen LogP contribution in [0, 0.1) is 0 Å². The predicted octanol–water partition coefficient (Wildman–Crippen LogP) is 5.39. The summed E-state index contributed by atoms with van der Waals surface area (Å²) in [6, 6.07) is 26.4. The second-order valence-electron chi connectivity index (χ2n) is 10.9. The summed E-state index contributed by atoms with van der Waals surface area (Å²) in [5, 5.41) is 24.7. The van der Waals surface area contributed by atoms with E-state index in [1.807, 2.05) is 60.7 Å². The van der Waals surface area contributed by atoms with Gasteiger partial charge in [0.1, 0.15) is 31.5 Å². The number of azide groups is 1. The first-order chi connectivity index (χ1) is 22.5. The lowest BCUT2D eigenvalue weighted by Gasteiger charge is -2.40. The number of nitrogens with zero attached hydrogens (tertiary/aromatic N) is 4. The third-order valence-electron chi connectivity index (χ3n) is 7.53. The van der Waals surface area contributed by atoms with Crippen LogP contribution in [0.15, 0.2) is 96.1 Å². The van der Waals surface area contributed by atoms with Crippen LogP contribution in [0.3, 0.4) is 0 Å². The average molecular weight is 633 g/mol. The van der Waals surface area contributed by atoms with Crippen LogP contribution in [-0.2, 0) is 32.1 Å². The molecule has 5 atom stereocenters. The fraction of sp³-hybridized carbons (Fsp3) is 0.412. The summed E-state index contributed by atoms with van der Waals surface area (Å²) < 4.78 is 22.5. The van der Waals surface area contributed by atoms with Crippen LogP contribution in [0.25, 0.3) is 10.4 Å². The number of carbonyl (C=O) groups is 2. The average Bonchev–Trinajstić information content (AvgIpc) is 3.09. The van der Waals surface area contributed by atoms with E-state index in [0.717, 1.165) is 30.4 Å². The molecular weight excluding hydrogens is 592 g/mol. The third kappa shape index (κ3) is 10.6. The number of aliphatic hydroxyl groups is 2. The molecule has 1 saturated heterocycles. The van der Waals surface area contributed by atoms with Gasteiger partial charge in [0.05, 0.1) is 11.7 Å². The van der Waals surface area contributed by atoms with E-state index in [1.165, 1.54) is 0 Å². The molecular formula is C34H40N4O8. The molecule has 46 heavy (non-hydrogen) atoms. The molecule has 244 valence electrons. The van der Waals surface area contributed by atoms with E-state index in [0.29, 0.717) is 25.1 Å². The molecule has 0 aliphatic carbocycles. The van der Waals surface area contributed by atoms with Gasteiger partial charge in [0.2, 0.25) is 0 Å². The van der Waals surface area contributed by atoms with Crippen molar-refractivity contribution in [2.75, 3.05) is 19.8 Å². The maximum Gasteiger partial charge on any atom is 0.410 e. The van der Waals surface area contributed by atoms with Gasteiger partial charge < -0.3 is 34.1 Å². The van der Waals surface area contributed by atoms with Crippen LogP contribution in [0.1, 0.15) is 47.2 Å².